The number of nitrogens with zero attached hydrogens (tertiary/aromatic N) is 3. The zero-order chi connectivity index (χ0) is 18.7. The molecule has 0 aliphatic rings. The van der Waals surface area contributed by atoms with Gasteiger partial charge in [-0.25, -0.2) is 0 Å². The average Bonchev–Trinajstić information content (AvgIpc) is 3.11. The van der Waals surface area contributed by atoms with E-state index in [1.54, 1.807) is 19.2 Å². The van der Waals surface area contributed by atoms with Crippen molar-refractivity contribution < 1.29 is 9.15 Å². The van der Waals surface area contributed by atoms with E-state index >= 15 is 0 Å². The predicted octanol–water partition coefficient (Wildman–Crippen LogP) is 5.25. The van der Waals surface area contributed by atoms with Gasteiger partial charge >= 0.3 is 0 Å². The third kappa shape index (κ3) is 4.18. The molecule has 3 rings (SSSR count). The highest BCUT2D eigenvalue weighted by Crippen LogP contribution is 2.28. The van der Waals surface area contributed by atoms with E-state index in [1.807, 2.05) is 44.3 Å². The summed E-state index contributed by atoms with van der Waals surface area (Å²) in [5.74, 6) is 1.77. The number of methoxy groups -OCH3 is 1. The van der Waals surface area contributed by atoms with E-state index in [1.165, 1.54) is 0 Å². The summed E-state index contributed by atoms with van der Waals surface area (Å²) in [5, 5.41) is 9.62. The molecule has 2 aromatic carbocycles. The van der Waals surface area contributed by atoms with Gasteiger partial charge in [0.05, 0.1) is 13.2 Å². The molecular formula is C19H19Cl2N3O2. The fourth-order valence-electron chi connectivity index (χ4n) is 2.61. The van der Waals surface area contributed by atoms with Crippen molar-refractivity contribution in [2.75, 3.05) is 14.2 Å². The maximum Gasteiger partial charge on any atom is 0.247 e. The molecule has 0 spiro atoms. The average molecular weight is 392 g/mol. The number of hydrogen-bond donors (Lipinski definition) is 0. The van der Waals surface area contributed by atoms with E-state index in [0.717, 1.165) is 16.9 Å². The second-order valence-corrected chi connectivity index (χ2v) is 6.88. The molecule has 0 saturated heterocycles. The summed E-state index contributed by atoms with van der Waals surface area (Å²) in [6.07, 6.45) is 0. The second-order valence-electron chi connectivity index (χ2n) is 6.00. The Kier molecular flexibility index (Phi) is 5.81. The van der Waals surface area contributed by atoms with Crippen LogP contribution in [-0.4, -0.2) is 29.3 Å². The van der Waals surface area contributed by atoms with Crippen molar-refractivity contribution in [1.82, 2.24) is 15.1 Å². The highest BCUT2D eigenvalue weighted by Gasteiger charge is 2.20. The molecule has 0 aliphatic heterocycles. The Balaban J connectivity index is 1.77. The van der Waals surface area contributed by atoms with Crippen molar-refractivity contribution in [3.8, 4) is 17.2 Å². The first-order valence-electron chi connectivity index (χ1n) is 8.10. The molecule has 1 atom stereocenters. The molecular weight excluding hydrogens is 373 g/mol. The molecule has 0 saturated carbocycles. The summed E-state index contributed by atoms with van der Waals surface area (Å²) in [4.78, 5) is 2.09. The van der Waals surface area contributed by atoms with Crippen LogP contribution in [0.15, 0.2) is 46.9 Å². The Morgan fingerprint density at radius 1 is 1.12 bits per heavy atom. The van der Waals surface area contributed by atoms with Gasteiger partial charge in [0.15, 0.2) is 0 Å². The van der Waals surface area contributed by atoms with Gasteiger partial charge in [0.25, 0.3) is 0 Å². The van der Waals surface area contributed by atoms with Crippen molar-refractivity contribution >= 4 is 23.2 Å². The molecule has 136 valence electrons. The van der Waals surface area contributed by atoms with E-state index in [2.05, 4.69) is 15.1 Å². The molecule has 3 aromatic rings. The van der Waals surface area contributed by atoms with Gasteiger partial charge < -0.3 is 9.15 Å². The number of halogens is 2. The number of benzene rings is 2. The summed E-state index contributed by atoms with van der Waals surface area (Å²) in [5.41, 5.74) is 1.78. The maximum atomic E-state index is 6.11. The van der Waals surface area contributed by atoms with Crippen LogP contribution >= 0.6 is 23.2 Å². The molecule has 7 heteroatoms. The quantitative estimate of drug-likeness (QED) is 0.574. The second kappa shape index (κ2) is 8.08. The van der Waals surface area contributed by atoms with E-state index in [0.29, 0.717) is 28.4 Å². The van der Waals surface area contributed by atoms with Crippen LogP contribution in [0.25, 0.3) is 11.5 Å². The van der Waals surface area contributed by atoms with Crippen LogP contribution in [0.1, 0.15) is 24.4 Å². The minimum absolute atomic E-state index is 0.0841. The lowest BCUT2D eigenvalue weighted by Gasteiger charge is -2.22. The minimum atomic E-state index is -0.0841. The number of aromatic nitrogens is 2. The van der Waals surface area contributed by atoms with Gasteiger partial charge in [0.2, 0.25) is 11.8 Å². The van der Waals surface area contributed by atoms with Crippen LogP contribution in [0.3, 0.4) is 0 Å². The van der Waals surface area contributed by atoms with Gasteiger partial charge in [0, 0.05) is 27.7 Å². The fraction of sp³-hybridized carbons (Fsp3) is 0.263. The van der Waals surface area contributed by atoms with Crippen molar-refractivity contribution in [3.05, 3.63) is 64.0 Å². The SMILES string of the molecule is COc1ccc(Cl)cc1CN(C)[C@H](C)c1nnc(-c2cccc(Cl)c2)o1. The third-order valence-electron chi connectivity index (χ3n) is 4.19. The van der Waals surface area contributed by atoms with Crippen LogP contribution < -0.4 is 4.74 Å². The minimum Gasteiger partial charge on any atom is -0.496 e. The molecule has 1 aromatic heterocycles. The van der Waals surface area contributed by atoms with Crippen molar-refractivity contribution in [2.45, 2.75) is 19.5 Å². The Morgan fingerprint density at radius 2 is 1.88 bits per heavy atom. The van der Waals surface area contributed by atoms with Crippen LogP contribution in [0.5, 0.6) is 5.75 Å². The molecule has 26 heavy (non-hydrogen) atoms. The van der Waals surface area contributed by atoms with Gasteiger partial charge in [-0.15, -0.1) is 10.2 Å². The van der Waals surface area contributed by atoms with E-state index < -0.39 is 0 Å². The molecule has 5 nitrogen and oxygen atoms in total. The Bertz CT molecular complexity index is 898. The normalized spacial score (nSPS) is 12.4. The summed E-state index contributed by atoms with van der Waals surface area (Å²) in [6, 6.07) is 12.8. The van der Waals surface area contributed by atoms with Crippen LogP contribution in [0, 0.1) is 0 Å². The monoisotopic (exact) mass is 391 g/mol. The third-order valence-corrected chi connectivity index (χ3v) is 4.66. The summed E-state index contributed by atoms with van der Waals surface area (Å²) in [6.45, 7) is 2.63. The molecule has 0 aliphatic carbocycles. The lowest BCUT2D eigenvalue weighted by atomic mass is 10.1. The molecule has 1 heterocycles. The number of ether oxygens (including phenoxy) is 1. The Hall–Kier alpha value is -2.08. The van der Waals surface area contributed by atoms with E-state index in [-0.39, 0.29) is 6.04 Å². The van der Waals surface area contributed by atoms with Gasteiger partial charge in [-0.1, -0.05) is 29.3 Å². The van der Waals surface area contributed by atoms with Gasteiger partial charge in [-0.3, -0.25) is 4.90 Å². The number of hydrogen-bond acceptors (Lipinski definition) is 5. The molecule has 0 fully saturated rings. The standard InChI is InChI=1S/C19H19Cl2N3O2/c1-12(24(2)11-14-10-16(21)7-8-17(14)25-3)18-22-23-19(26-18)13-5-4-6-15(20)9-13/h4-10,12H,11H2,1-3H3/t12-/m1/s1. The summed E-state index contributed by atoms with van der Waals surface area (Å²) < 4.78 is 11.3. The molecule has 0 radical (unpaired) electrons. The van der Waals surface area contributed by atoms with Crippen molar-refractivity contribution in [2.24, 2.45) is 0 Å². The predicted molar refractivity (Wildman–Crippen MR) is 103 cm³/mol. The van der Waals surface area contributed by atoms with E-state index in [9.17, 15) is 0 Å². The molecule has 0 amide bonds. The zero-order valence-corrected chi connectivity index (χ0v) is 16.3. The van der Waals surface area contributed by atoms with Crippen molar-refractivity contribution in [3.63, 3.8) is 0 Å². The van der Waals surface area contributed by atoms with E-state index in [4.69, 9.17) is 32.4 Å². The van der Waals surface area contributed by atoms with Gasteiger partial charge in [-0.2, -0.15) is 0 Å². The first-order chi connectivity index (χ1) is 12.5. The Morgan fingerprint density at radius 3 is 2.62 bits per heavy atom. The van der Waals surface area contributed by atoms with Crippen LogP contribution in [0.2, 0.25) is 10.0 Å². The van der Waals surface area contributed by atoms with Crippen LogP contribution in [-0.2, 0) is 6.54 Å². The number of rotatable bonds is 6. The zero-order valence-electron chi connectivity index (χ0n) is 14.7. The smallest absolute Gasteiger partial charge is 0.247 e. The lowest BCUT2D eigenvalue weighted by Crippen LogP contribution is -2.22. The first kappa shape index (κ1) is 18.7. The first-order valence-corrected chi connectivity index (χ1v) is 8.85. The fourth-order valence-corrected chi connectivity index (χ4v) is 2.99. The van der Waals surface area contributed by atoms with Gasteiger partial charge in [-0.05, 0) is 50.4 Å². The molecule has 0 bridgehead atoms. The van der Waals surface area contributed by atoms with Crippen molar-refractivity contribution in [1.29, 1.82) is 0 Å². The molecule has 0 unspecified atom stereocenters. The highest BCUT2D eigenvalue weighted by molar-refractivity contribution is 6.31. The largest absolute Gasteiger partial charge is 0.496 e. The molecule has 0 N–H and O–H groups in total. The van der Waals surface area contributed by atoms with Gasteiger partial charge in [0.1, 0.15) is 5.75 Å². The highest BCUT2D eigenvalue weighted by atomic mass is 35.5. The summed E-state index contributed by atoms with van der Waals surface area (Å²) >= 11 is 12.1. The lowest BCUT2D eigenvalue weighted by molar-refractivity contribution is 0.215. The van der Waals surface area contributed by atoms with Crippen LogP contribution in [0.4, 0.5) is 0 Å². The maximum absolute atomic E-state index is 6.11. The Labute approximate surface area is 162 Å². The summed E-state index contributed by atoms with van der Waals surface area (Å²) in [7, 11) is 3.62. The topological polar surface area (TPSA) is 51.4 Å².